The van der Waals surface area contributed by atoms with Crippen molar-refractivity contribution in [3.8, 4) is 5.69 Å². The first-order chi connectivity index (χ1) is 13.2. The first kappa shape index (κ1) is 18.2. The Hall–Kier alpha value is -2.14. The third-order valence-corrected chi connectivity index (χ3v) is 6.58. The average molecular weight is 367 g/mol. The summed E-state index contributed by atoms with van der Waals surface area (Å²) < 4.78 is 7.98. The summed E-state index contributed by atoms with van der Waals surface area (Å²) in [5.41, 5.74) is 1.84. The maximum Gasteiger partial charge on any atom is 0.253 e. The molecule has 2 aliphatic carbocycles. The van der Waals surface area contributed by atoms with Crippen molar-refractivity contribution >= 4 is 5.91 Å². The number of hydrogen-bond donors (Lipinski definition) is 0. The van der Waals surface area contributed by atoms with E-state index < -0.39 is 0 Å². The van der Waals surface area contributed by atoms with Gasteiger partial charge >= 0.3 is 0 Å². The van der Waals surface area contributed by atoms with Crippen LogP contribution in [0.25, 0.3) is 5.69 Å². The molecule has 1 heterocycles. The highest BCUT2D eigenvalue weighted by Gasteiger charge is 2.57. The van der Waals surface area contributed by atoms with Crippen molar-refractivity contribution in [2.45, 2.75) is 57.6 Å². The molecule has 1 spiro atoms. The molecular weight excluding hydrogens is 338 g/mol. The Morgan fingerprint density at radius 2 is 2.15 bits per heavy atom. The normalized spacial score (nSPS) is 23.8. The lowest BCUT2D eigenvalue weighted by Gasteiger charge is -2.60. The summed E-state index contributed by atoms with van der Waals surface area (Å²) in [4.78, 5) is 19.3. The second-order valence-corrected chi connectivity index (χ2v) is 7.93. The number of aromatic nitrogens is 2. The van der Waals surface area contributed by atoms with Crippen LogP contribution < -0.4 is 0 Å². The molecule has 0 unspecified atom stereocenters. The number of hydrogen-bond acceptors (Lipinski definition) is 3. The fourth-order valence-electron chi connectivity index (χ4n) is 5.13. The molecule has 5 nitrogen and oxygen atoms in total. The molecule has 0 N–H and O–H groups in total. The summed E-state index contributed by atoms with van der Waals surface area (Å²) in [6, 6.07) is 8.07. The van der Waals surface area contributed by atoms with E-state index in [1.807, 2.05) is 47.0 Å². The van der Waals surface area contributed by atoms with Crippen molar-refractivity contribution in [1.29, 1.82) is 0 Å². The lowest BCUT2D eigenvalue weighted by Crippen LogP contribution is -2.65. The van der Waals surface area contributed by atoms with Gasteiger partial charge in [0.05, 0.1) is 12.4 Å². The van der Waals surface area contributed by atoms with Gasteiger partial charge in [0.15, 0.2) is 0 Å². The molecule has 0 aliphatic heterocycles. The van der Waals surface area contributed by atoms with Crippen molar-refractivity contribution in [2.24, 2.45) is 5.41 Å². The molecule has 144 valence electrons. The SMILES string of the molecule is CCO[C@H]1C[C@H](N(C)C(=O)c2cccc(-n3ccnc3)c2)C12CCCCC2. The van der Waals surface area contributed by atoms with Crippen molar-refractivity contribution in [3.63, 3.8) is 0 Å². The van der Waals surface area contributed by atoms with Gasteiger partial charge in [-0.25, -0.2) is 4.98 Å². The van der Waals surface area contributed by atoms with Crippen LogP contribution in [-0.4, -0.2) is 46.2 Å². The molecule has 0 bridgehead atoms. The number of rotatable bonds is 5. The summed E-state index contributed by atoms with van der Waals surface area (Å²) in [7, 11) is 1.97. The van der Waals surface area contributed by atoms with Gasteiger partial charge in [-0.1, -0.05) is 25.3 Å². The molecule has 2 saturated carbocycles. The topological polar surface area (TPSA) is 47.4 Å². The van der Waals surface area contributed by atoms with E-state index in [2.05, 4.69) is 11.9 Å². The largest absolute Gasteiger partial charge is 0.378 e. The number of ether oxygens (including phenoxy) is 1. The predicted octanol–water partition coefficient (Wildman–Crippen LogP) is 4.07. The molecule has 2 fully saturated rings. The standard InChI is InChI=1S/C22H29N3O2/c1-3-27-20-15-19(22(20)10-5-4-6-11-22)24(2)21(26)17-8-7-9-18(14-17)25-13-12-23-16-25/h7-9,12-14,16,19-20H,3-6,10-11,15H2,1-2H3/t19-,20-/m0/s1. The van der Waals surface area contributed by atoms with Crippen molar-refractivity contribution in [1.82, 2.24) is 14.5 Å². The lowest BCUT2D eigenvalue weighted by atomic mass is 9.54. The highest BCUT2D eigenvalue weighted by Crippen LogP contribution is 2.55. The number of imidazole rings is 1. The molecular formula is C22H29N3O2. The average Bonchev–Trinajstić information content (AvgIpc) is 3.25. The number of nitrogens with zero attached hydrogens (tertiary/aromatic N) is 3. The lowest BCUT2D eigenvalue weighted by molar-refractivity contribution is -0.170. The number of amides is 1. The maximum absolute atomic E-state index is 13.3. The minimum Gasteiger partial charge on any atom is -0.378 e. The third-order valence-electron chi connectivity index (χ3n) is 6.58. The Morgan fingerprint density at radius 1 is 1.33 bits per heavy atom. The fraction of sp³-hybridized carbons (Fsp3) is 0.545. The van der Waals surface area contributed by atoms with Gasteiger partial charge in [0.1, 0.15) is 0 Å². The molecule has 1 aromatic heterocycles. The molecule has 1 amide bonds. The van der Waals surface area contributed by atoms with E-state index in [4.69, 9.17) is 4.74 Å². The smallest absolute Gasteiger partial charge is 0.253 e. The summed E-state index contributed by atoms with van der Waals surface area (Å²) in [6.45, 7) is 2.82. The van der Waals surface area contributed by atoms with Crippen LogP contribution in [0, 0.1) is 5.41 Å². The monoisotopic (exact) mass is 367 g/mol. The number of benzene rings is 1. The zero-order valence-electron chi connectivity index (χ0n) is 16.3. The van der Waals surface area contributed by atoms with Gasteiger partial charge in [0, 0.05) is 48.8 Å². The number of carbonyl (C=O) groups is 1. The van der Waals surface area contributed by atoms with Gasteiger partial charge in [-0.05, 0) is 44.4 Å². The highest BCUT2D eigenvalue weighted by molar-refractivity contribution is 5.95. The van der Waals surface area contributed by atoms with Gasteiger partial charge in [-0.15, -0.1) is 0 Å². The Labute approximate surface area is 161 Å². The first-order valence-corrected chi connectivity index (χ1v) is 10.1. The van der Waals surface area contributed by atoms with E-state index >= 15 is 0 Å². The summed E-state index contributed by atoms with van der Waals surface area (Å²) in [5.74, 6) is 0.0989. The zero-order chi connectivity index (χ0) is 18.9. The van der Waals surface area contributed by atoms with Crippen LogP contribution in [0.4, 0.5) is 0 Å². The Balaban J connectivity index is 1.55. The van der Waals surface area contributed by atoms with Gasteiger partial charge in [0.25, 0.3) is 5.91 Å². The van der Waals surface area contributed by atoms with Crippen molar-refractivity contribution < 1.29 is 9.53 Å². The van der Waals surface area contributed by atoms with Gasteiger partial charge < -0.3 is 14.2 Å². The van der Waals surface area contributed by atoms with Crippen LogP contribution in [0.5, 0.6) is 0 Å². The molecule has 1 aromatic carbocycles. The predicted molar refractivity (Wildman–Crippen MR) is 105 cm³/mol. The minimum absolute atomic E-state index is 0.0989. The van der Waals surface area contributed by atoms with Crippen molar-refractivity contribution in [3.05, 3.63) is 48.5 Å². The fourth-order valence-corrected chi connectivity index (χ4v) is 5.13. The summed E-state index contributed by atoms with van der Waals surface area (Å²) in [5, 5.41) is 0. The molecule has 2 aliphatic rings. The van der Waals surface area contributed by atoms with E-state index in [0.717, 1.165) is 24.3 Å². The van der Waals surface area contributed by atoms with E-state index in [9.17, 15) is 4.79 Å². The van der Waals surface area contributed by atoms with Gasteiger partial charge in [-0.3, -0.25) is 4.79 Å². The summed E-state index contributed by atoms with van der Waals surface area (Å²) in [6.07, 6.45) is 12.8. The van der Waals surface area contributed by atoms with E-state index in [0.29, 0.717) is 6.10 Å². The molecule has 5 heteroatoms. The molecule has 27 heavy (non-hydrogen) atoms. The van der Waals surface area contributed by atoms with E-state index in [1.54, 1.807) is 12.5 Å². The van der Waals surface area contributed by atoms with Crippen LogP contribution in [0.15, 0.2) is 43.0 Å². The highest BCUT2D eigenvalue weighted by atomic mass is 16.5. The first-order valence-electron chi connectivity index (χ1n) is 10.1. The molecule has 2 aromatic rings. The quantitative estimate of drug-likeness (QED) is 0.800. The van der Waals surface area contributed by atoms with E-state index in [1.165, 1.54) is 32.1 Å². The van der Waals surface area contributed by atoms with Gasteiger partial charge in [-0.2, -0.15) is 0 Å². The third kappa shape index (κ3) is 3.18. The molecule has 0 saturated heterocycles. The van der Waals surface area contributed by atoms with Crippen LogP contribution in [-0.2, 0) is 4.74 Å². The second-order valence-electron chi connectivity index (χ2n) is 7.93. The summed E-state index contributed by atoms with van der Waals surface area (Å²) >= 11 is 0. The van der Waals surface area contributed by atoms with Gasteiger partial charge in [0.2, 0.25) is 0 Å². The van der Waals surface area contributed by atoms with Crippen LogP contribution >= 0.6 is 0 Å². The zero-order valence-corrected chi connectivity index (χ0v) is 16.3. The number of carbonyl (C=O) groups excluding carboxylic acids is 1. The van der Waals surface area contributed by atoms with E-state index in [-0.39, 0.29) is 17.4 Å². The Morgan fingerprint density at radius 3 is 2.85 bits per heavy atom. The molecule has 2 atom stereocenters. The maximum atomic E-state index is 13.3. The van der Waals surface area contributed by atoms with Crippen LogP contribution in [0.2, 0.25) is 0 Å². The Bertz CT molecular complexity index is 781. The molecule has 4 rings (SSSR count). The molecule has 0 radical (unpaired) electrons. The second kappa shape index (κ2) is 7.47. The van der Waals surface area contributed by atoms with Crippen LogP contribution in [0.1, 0.15) is 55.8 Å². The van der Waals surface area contributed by atoms with Crippen molar-refractivity contribution in [2.75, 3.05) is 13.7 Å². The Kier molecular flexibility index (Phi) is 5.04. The minimum atomic E-state index is 0.0989. The van der Waals surface area contributed by atoms with Crippen LogP contribution in [0.3, 0.4) is 0 Å².